The normalized spacial score (nSPS) is 12.4. The summed E-state index contributed by atoms with van der Waals surface area (Å²) in [6.07, 6.45) is 6.93. The zero-order chi connectivity index (χ0) is 25.1. The maximum atomic E-state index is 13.1. The molecule has 2 aromatic carbocycles. The second-order valence-electron chi connectivity index (χ2n) is 8.64. The third-order valence-corrected chi connectivity index (χ3v) is 6.40. The molecule has 2 aromatic heterocycles. The van der Waals surface area contributed by atoms with E-state index < -0.39 is 11.3 Å². The first-order chi connectivity index (χ1) is 17.6. The fraction of sp³-hybridized carbons (Fsp3) is 0.259. The average molecular weight is 486 g/mol. The lowest BCUT2D eigenvalue weighted by Crippen LogP contribution is -2.29. The number of pyridine rings is 1. The summed E-state index contributed by atoms with van der Waals surface area (Å²) in [6.45, 7) is 0.606. The maximum Gasteiger partial charge on any atom is 0.280 e. The SMILES string of the molecule is CONC(=O)c1cn(-c2ccc3c(c2)CCC3)c2nc(NCCc3ccc(OC)cc3)ncc2c1=O. The molecule has 5 rings (SSSR count). The number of hydroxylamine groups is 1. The molecule has 0 aliphatic heterocycles. The summed E-state index contributed by atoms with van der Waals surface area (Å²) >= 11 is 0. The lowest BCUT2D eigenvalue weighted by Gasteiger charge is -2.15. The summed E-state index contributed by atoms with van der Waals surface area (Å²) in [7, 11) is 2.97. The molecular weight excluding hydrogens is 458 g/mol. The van der Waals surface area contributed by atoms with Crippen LogP contribution in [0.2, 0.25) is 0 Å². The number of hydrogen-bond donors (Lipinski definition) is 2. The Kier molecular flexibility index (Phi) is 6.64. The largest absolute Gasteiger partial charge is 0.497 e. The smallest absolute Gasteiger partial charge is 0.280 e. The van der Waals surface area contributed by atoms with Gasteiger partial charge >= 0.3 is 0 Å². The molecule has 1 aliphatic rings. The molecule has 184 valence electrons. The van der Waals surface area contributed by atoms with Crippen LogP contribution in [-0.4, -0.2) is 41.2 Å². The summed E-state index contributed by atoms with van der Waals surface area (Å²) in [5.74, 6) is 0.591. The highest BCUT2D eigenvalue weighted by molar-refractivity contribution is 5.96. The minimum Gasteiger partial charge on any atom is -0.497 e. The number of methoxy groups -OCH3 is 1. The van der Waals surface area contributed by atoms with Gasteiger partial charge in [0, 0.05) is 24.6 Å². The molecular formula is C27H27N5O4. The average Bonchev–Trinajstić information content (AvgIpc) is 3.37. The number of carbonyl (C=O) groups excluding carboxylic acids is 1. The molecule has 0 unspecified atom stereocenters. The maximum absolute atomic E-state index is 13.1. The minimum absolute atomic E-state index is 0.0475. The topological polar surface area (TPSA) is 107 Å². The number of nitrogens with zero attached hydrogens (tertiary/aromatic N) is 3. The van der Waals surface area contributed by atoms with Gasteiger partial charge in [0.2, 0.25) is 11.4 Å². The third kappa shape index (κ3) is 4.65. The minimum atomic E-state index is -0.624. The molecule has 9 heteroatoms. The summed E-state index contributed by atoms with van der Waals surface area (Å²) < 4.78 is 6.98. The van der Waals surface area contributed by atoms with Crippen molar-refractivity contribution in [3.63, 3.8) is 0 Å². The van der Waals surface area contributed by atoms with E-state index in [1.165, 1.54) is 30.6 Å². The van der Waals surface area contributed by atoms with Gasteiger partial charge in [0.05, 0.1) is 19.6 Å². The molecule has 9 nitrogen and oxygen atoms in total. The van der Waals surface area contributed by atoms with Gasteiger partial charge in [-0.1, -0.05) is 18.2 Å². The Labute approximate surface area is 208 Å². The predicted molar refractivity (Wildman–Crippen MR) is 137 cm³/mol. The van der Waals surface area contributed by atoms with Gasteiger partial charge in [-0.15, -0.1) is 0 Å². The van der Waals surface area contributed by atoms with E-state index in [2.05, 4.69) is 32.9 Å². The van der Waals surface area contributed by atoms with E-state index in [4.69, 9.17) is 9.57 Å². The quantitative estimate of drug-likeness (QED) is 0.369. The number of nitrogens with one attached hydrogen (secondary N) is 2. The van der Waals surface area contributed by atoms with Crippen LogP contribution in [0.5, 0.6) is 5.75 Å². The van der Waals surface area contributed by atoms with Gasteiger partial charge in [-0.25, -0.2) is 10.5 Å². The van der Waals surface area contributed by atoms with Crippen molar-refractivity contribution in [2.45, 2.75) is 25.7 Å². The summed E-state index contributed by atoms with van der Waals surface area (Å²) in [5.41, 5.74) is 6.73. The number of ether oxygens (including phenoxy) is 1. The van der Waals surface area contributed by atoms with Crippen LogP contribution in [0.25, 0.3) is 16.7 Å². The van der Waals surface area contributed by atoms with Gasteiger partial charge in [0.15, 0.2) is 5.65 Å². The molecule has 0 spiro atoms. The Morgan fingerprint density at radius 1 is 1.08 bits per heavy atom. The first kappa shape index (κ1) is 23.5. The van der Waals surface area contributed by atoms with Crippen molar-refractivity contribution in [3.05, 3.63) is 87.3 Å². The molecule has 0 bridgehead atoms. The van der Waals surface area contributed by atoms with Crippen molar-refractivity contribution in [1.29, 1.82) is 0 Å². The van der Waals surface area contributed by atoms with Crippen molar-refractivity contribution in [1.82, 2.24) is 20.0 Å². The van der Waals surface area contributed by atoms with Crippen LogP contribution in [0, 0.1) is 0 Å². The molecule has 1 amide bonds. The molecule has 2 heterocycles. The second-order valence-corrected chi connectivity index (χ2v) is 8.64. The van der Waals surface area contributed by atoms with Gasteiger partial charge < -0.3 is 14.6 Å². The highest BCUT2D eigenvalue weighted by Gasteiger charge is 2.19. The van der Waals surface area contributed by atoms with Crippen LogP contribution < -0.4 is 21.0 Å². The van der Waals surface area contributed by atoms with Crippen LogP contribution in [0.1, 0.15) is 33.5 Å². The van der Waals surface area contributed by atoms with E-state index >= 15 is 0 Å². The molecule has 2 N–H and O–H groups in total. The van der Waals surface area contributed by atoms with Gasteiger partial charge in [0.1, 0.15) is 11.3 Å². The molecule has 1 aliphatic carbocycles. The van der Waals surface area contributed by atoms with Crippen molar-refractivity contribution < 1.29 is 14.4 Å². The first-order valence-corrected chi connectivity index (χ1v) is 11.8. The number of aryl methyl sites for hydroxylation is 2. The summed E-state index contributed by atoms with van der Waals surface area (Å²) in [6, 6.07) is 14.1. The highest BCUT2D eigenvalue weighted by atomic mass is 16.6. The number of benzene rings is 2. The zero-order valence-corrected chi connectivity index (χ0v) is 20.2. The molecule has 0 saturated heterocycles. The van der Waals surface area contributed by atoms with E-state index in [9.17, 15) is 9.59 Å². The summed E-state index contributed by atoms with van der Waals surface area (Å²) in [5, 5.41) is 3.49. The highest BCUT2D eigenvalue weighted by Crippen LogP contribution is 2.26. The monoisotopic (exact) mass is 485 g/mol. The van der Waals surface area contributed by atoms with Crippen LogP contribution in [0.15, 0.2) is 59.7 Å². The Morgan fingerprint density at radius 3 is 2.67 bits per heavy atom. The number of aromatic nitrogens is 3. The lowest BCUT2D eigenvalue weighted by molar-refractivity contribution is 0.0536. The van der Waals surface area contributed by atoms with Crippen LogP contribution >= 0.6 is 0 Å². The van der Waals surface area contributed by atoms with E-state index in [-0.39, 0.29) is 10.9 Å². The van der Waals surface area contributed by atoms with Crippen molar-refractivity contribution in [3.8, 4) is 11.4 Å². The Balaban J connectivity index is 1.50. The van der Waals surface area contributed by atoms with Crippen LogP contribution in [0.4, 0.5) is 5.95 Å². The Hall–Kier alpha value is -4.24. The molecule has 4 aromatic rings. The van der Waals surface area contributed by atoms with E-state index in [1.807, 2.05) is 30.3 Å². The van der Waals surface area contributed by atoms with Crippen molar-refractivity contribution in [2.75, 3.05) is 26.1 Å². The molecule has 0 atom stereocenters. The standard InChI is InChI=1S/C27H27N5O4/c1-35-21-10-6-17(7-11-21)12-13-28-27-29-15-22-24(33)23(26(34)31-36-2)16-32(25(22)30-27)20-9-8-18-4-3-5-19(18)14-20/h6-11,14-16H,3-5,12-13H2,1-2H3,(H,31,34)(H,28,29,30). The van der Waals surface area contributed by atoms with Crippen LogP contribution in [-0.2, 0) is 24.1 Å². The van der Waals surface area contributed by atoms with Gasteiger partial charge in [0.25, 0.3) is 5.91 Å². The predicted octanol–water partition coefficient (Wildman–Crippen LogP) is 3.22. The lowest BCUT2D eigenvalue weighted by atomic mass is 10.1. The number of anilines is 1. The molecule has 36 heavy (non-hydrogen) atoms. The number of amides is 1. The Morgan fingerprint density at radius 2 is 1.89 bits per heavy atom. The third-order valence-electron chi connectivity index (χ3n) is 6.40. The molecule has 0 saturated carbocycles. The van der Waals surface area contributed by atoms with Crippen molar-refractivity contribution >= 4 is 22.9 Å². The fourth-order valence-electron chi connectivity index (χ4n) is 4.52. The number of carbonyl (C=O) groups is 1. The second kappa shape index (κ2) is 10.2. The van der Waals surface area contributed by atoms with E-state index in [0.29, 0.717) is 18.1 Å². The molecule has 0 fully saturated rings. The number of rotatable bonds is 8. The van der Waals surface area contributed by atoms with Gasteiger partial charge in [-0.05, 0) is 66.6 Å². The number of hydrogen-bond acceptors (Lipinski definition) is 7. The fourth-order valence-corrected chi connectivity index (χ4v) is 4.52. The van der Waals surface area contributed by atoms with Crippen molar-refractivity contribution in [2.24, 2.45) is 0 Å². The van der Waals surface area contributed by atoms with Gasteiger partial charge in [-0.2, -0.15) is 4.98 Å². The Bertz CT molecular complexity index is 1480. The van der Waals surface area contributed by atoms with E-state index in [1.54, 1.807) is 11.7 Å². The van der Waals surface area contributed by atoms with Gasteiger partial charge in [-0.3, -0.25) is 14.4 Å². The summed E-state index contributed by atoms with van der Waals surface area (Å²) in [4.78, 5) is 39.5. The molecule has 0 radical (unpaired) electrons. The first-order valence-electron chi connectivity index (χ1n) is 11.8. The van der Waals surface area contributed by atoms with Crippen LogP contribution in [0.3, 0.4) is 0 Å². The van der Waals surface area contributed by atoms with E-state index in [0.717, 1.165) is 42.7 Å². The number of fused-ring (bicyclic) bond motifs is 2. The zero-order valence-electron chi connectivity index (χ0n) is 20.2.